The Kier molecular flexibility index (Phi) is 4.80. The Bertz CT molecular complexity index is 427. The maximum Gasteiger partial charge on any atom is 0.327 e. The van der Waals surface area contributed by atoms with Gasteiger partial charge in [0.25, 0.3) is 0 Å². The Hall–Kier alpha value is -1.55. The zero-order valence-corrected chi connectivity index (χ0v) is 11.3. The number of rotatable bonds is 4. The molecular formula is C15H21NO3. The molecule has 1 aromatic carbocycles. The first-order valence-corrected chi connectivity index (χ1v) is 6.84. The molecule has 1 aliphatic rings. The summed E-state index contributed by atoms with van der Waals surface area (Å²) in [5.41, 5.74) is 0.583. The Morgan fingerprint density at radius 1 is 1.32 bits per heavy atom. The molecule has 2 N–H and O–H groups in total. The molecule has 0 aliphatic heterocycles. The van der Waals surface area contributed by atoms with E-state index < -0.39 is 6.04 Å². The fourth-order valence-electron chi connectivity index (χ4n) is 2.64. The van der Waals surface area contributed by atoms with Crippen molar-refractivity contribution >= 4 is 5.97 Å². The highest BCUT2D eigenvalue weighted by atomic mass is 16.5. The predicted molar refractivity (Wildman–Crippen MR) is 72.9 cm³/mol. The SMILES string of the molecule is COC(=O)C(NC1CCCCC1)c1ccccc1O. The molecule has 19 heavy (non-hydrogen) atoms. The second kappa shape index (κ2) is 6.57. The highest BCUT2D eigenvalue weighted by molar-refractivity contribution is 5.78. The number of esters is 1. The average molecular weight is 263 g/mol. The number of hydrogen-bond donors (Lipinski definition) is 2. The van der Waals surface area contributed by atoms with E-state index in [4.69, 9.17) is 4.74 Å². The molecule has 1 aromatic rings. The van der Waals surface area contributed by atoms with Crippen molar-refractivity contribution in [2.75, 3.05) is 7.11 Å². The number of para-hydroxylation sites is 1. The van der Waals surface area contributed by atoms with Gasteiger partial charge in [-0.25, -0.2) is 4.79 Å². The van der Waals surface area contributed by atoms with E-state index in [-0.39, 0.29) is 11.7 Å². The van der Waals surface area contributed by atoms with Crippen molar-refractivity contribution < 1.29 is 14.6 Å². The molecule has 1 fully saturated rings. The standard InChI is InChI=1S/C15H21NO3/c1-19-15(18)14(12-9-5-6-10-13(12)17)16-11-7-3-2-4-8-11/h5-6,9-11,14,16-17H,2-4,7-8H2,1H3. The molecule has 4 nitrogen and oxygen atoms in total. The van der Waals surface area contributed by atoms with Crippen molar-refractivity contribution in [1.29, 1.82) is 0 Å². The summed E-state index contributed by atoms with van der Waals surface area (Å²) in [6, 6.07) is 6.63. The smallest absolute Gasteiger partial charge is 0.327 e. The van der Waals surface area contributed by atoms with Crippen molar-refractivity contribution in [3.63, 3.8) is 0 Å². The third kappa shape index (κ3) is 3.47. The summed E-state index contributed by atoms with van der Waals surface area (Å²) in [4.78, 5) is 11.9. The van der Waals surface area contributed by atoms with Crippen molar-refractivity contribution in [3.8, 4) is 5.75 Å². The Labute approximate surface area is 113 Å². The number of nitrogens with one attached hydrogen (secondary N) is 1. The average Bonchev–Trinajstić information content (AvgIpc) is 2.46. The minimum Gasteiger partial charge on any atom is -0.508 e. The van der Waals surface area contributed by atoms with Crippen LogP contribution in [0.3, 0.4) is 0 Å². The van der Waals surface area contributed by atoms with Crippen molar-refractivity contribution in [1.82, 2.24) is 5.32 Å². The van der Waals surface area contributed by atoms with E-state index in [0.29, 0.717) is 11.6 Å². The summed E-state index contributed by atoms with van der Waals surface area (Å²) >= 11 is 0. The summed E-state index contributed by atoms with van der Waals surface area (Å²) in [5.74, 6) is -0.228. The van der Waals surface area contributed by atoms with Crippen LogP contribution < -0.4 is 5.32 Å². The molecular weight excluding hydrogens is 242 g/mol. The second-order valence-corrected chi connectivity index (χ2v) is 5.02. The molecule has 0 amide bonds. The maximum atomic E-state index is 11.9. The van der Waals surface area contributed by atoms with E-state index in [1.54, 1.807) is 18.2 Å². The number of aromatic hydroxyl groups is 1. The number of methoxy groups -OCH3 is 1. The van der Waals surface area contributed by atoms with Crippen LogP contribution >= 0.6 is 0 Å². The quantitative estimate of drug-likeness (QED) is 0.820. The van der Waals surface area contributed by atoms with Crippen LogP contribution in [-0.4, -0.2) is 24.2 Å². The molecule has 1 aliphatic carbocycles. The summed E-state index contributed by atoms with van der Waals surface area (Å²) in [5, 5.41) is 13.2. The van der Waals surface area contributed by atoms with Crippen molar-refractivity contribution in [2.45, 2.75) is 44.2 Å². The molecule has 2 rings (SSSR count). The first-order chi connectivity index (χ1) is 9.22. The van der Waals surface area contributed by atoms with Crippen LogP contribution in [0.1, 0.15) is 43.7 Å². The number of phenolic OH excluding ortho intramolecular Hbond substituents is 1. The fourth-order valence-corrected chi connectivity index (χ4v) is 2.64. The fraction of sp³-hybridized carbons (Fsp3) is 0.533. The number of carbonyl (C=O) groups is 1. The molecule has 1 unspecified atom stereocenters. The normalized spacial score (nSPS) is 17.9. The number of carbonyl (C=O) groups excluding carboxylic acids is 1. The van der Waals surface area contributed by atoms with Gasteiger partial charge in [-0.15, -0.1) is 0 Å². The summed E-state index contributed by atoms with van der Waals surface area (Å²) in [6.45, 7) is 0. The van der Waals surface area contributed by atoms with Crippen LogP contribution in [0.25, 0.3) is 0 Å². The number of benzene rings is 1. The summed E-state index contributed by atoms with van der Waals surface area (Å²) < 4.78 is 4.85. The number of phenols is 1. The monoisotopic (exact) mass is 263 g/mol. The van der Waals surface area contributed by atoms with Gasteiger partial charge >= 0.3 is 5.97 Å². The van der Waals surface area contributed by atoms with Gasteiger partial charge in [-0.05, 0) is 18.9 Å². The lowest BCUT2D eigenvalue weighted by Crippen LogP contribution is -2.38. The Balaban J connectivity index is 2.16. The van der Waals surface area contributed by atoms with E-state index in [1.165, 1.54) is 26.4 Å². The van der Waals surface area contributed by atoms with Gasteiger partial charge in [0.2, 0.25) is 0 Å². The first kappa shape index (κ1) is 13.9. The third-order valence-electron chi connectivity index (χ3n) is 3.69. The molecule has 4 heteroatoms. The maximum absolute atomic E-state index is 11.9. The van der Waals surface area contributed by atoms with E-state index in [9.17, 15) is 9.90 Å². The first-order valence-electron chi connectivity index (χ1n) is 6.84. The molecule has 1 saturated carbocycles. The molecule has 1 atom stereocenters. The largest absolute Gasteiger partial charge is 0.508 e. The molecule has 0 spiro atoms. The molecule has 104 valence electrons. The lowest BCUT2D eigenvalue weighted by molar-refractivity contribution is -0.143. The van der Waals surface area contributed by atoms with Gasteiger partial charge in [-0.3, -0.25) is 5.32 Å². The third-order valence-corrected chi connectivity index (χ3v) is 3.69. The van der Waals surface area contributed by atoms with Crippen LogP contribution in [0.5, 0.6) is 5.75 Å². The van der Waals surface area contributed by atoms with Gasteiger partial charge in [0.1, 0.15) is 11.8 Å². The highest BCUT2D eigenvalue weighted by Gasteiger charge is 2.27. The van der Waals surface area contributed by atoms with Crippen LogP contribution in [0.2, 0.25) is 0 Å². The van der Waals surface area contributed by atoms with Crippen LogP contribution in [0, 0.1) is 0 Å². The molecule has 0 radical (unpaired) electrons. The minimum atomic E-state index is -0.589. The van der Waals surface area contributed by atoms with Crippen LogP contribution in [-0.2, 0) is 9.53 Å². The van der Waals surface area contributed by atoms with Gasteiger partial charge in [-0.2, -0.15) is 0 Å². The van der Waals surface area contributed by atoms with Gasteiger partial charge in [-0.1, -0.05) is 37.5 Å². The van der Waals surface area contributed by atoms with Crippen molar-refractivity contribution in [2.24, 2.45) is 0 Å². The van der Waals surface area contributed by atoms with Crippen LogP contribution in [0.4, 0.5) is 0 Å². The van der Waals surface area contributed by atoms with Gasteiger partial charge < -0.3 is 9.84 Å². The van der Waals surface area contributed by atoms with E-state index in [0.717, 1.165) is 12.8 Å². The number of hydrogen-bond acceptors (Lipinski definition) is 4. The zero-order valence-electron chi connectivity index (χ0n) is 11.3. The lowest BCUT2D eigenvalue weighted by atomic mass is 9.94. The van der Waals surface area contributed by atoms with E-state index in [2.05, 4.69) is 5.32 Å². The predicted octanol–water partition coefficient (Wildman–Crippen LogP) is 2.53. The second-order valence-electron chi connectivity index (χ2n) is 5.02. The zero-order chi connectivity index (χ0) is 13.7. The van der Waals surface area contributed by atoms with Gasteiger partial charge in [0.05, 0.1) is 7.11 Å². The Morgan fingerprint density at radius 2 is 2.00 bits per heavy atom. The molecule has 0 heterocycles. The van der Waals surface area contributed by atoms with Gasteiger partial charge in [0.15, 0.2) is 0 Å². The van der Waals surface area contributed by atoms with Gasteiger partial charge in [0, 0.05) is 11.6 Å². The highest BCUT2D eigenvalue weighted by Crippen LogP contribution is 2.27. The topological polar surface area (TPSA) is 58.6 Å². The Morgan fingerprint density at radius 3 is 2.63 bits per heavy atom. The molecule has 0 saturated heterocycles. The van der Waals surface area contributed by atoms with E-state index in [1.807, 2.05) is 6.07 Å². The molecule has 0 bridgehead atoms. The van der Waals surface area contributed by atoms with E-state index >= 15 is 0 Å². The summed E-state index contributed by atoms with van der Waals surface area (Å²) in [7, 11) is 1.37. The lowest BCUT2D eigenvalue weighted by Gasteiger charge is -2.27. The van der Waals surface area contributed by atoms with Crippen molar-refractivity contribution in [3.05, 3.63) is 29.8 Å². The summed E-state index contributed by atoms with van der Waals surface area (Å²) in [6.07, 6.45) is 5.78. The number of ether oxygens (including phenoxy) is 1. The molecule has 0 aromatic heterocycles. The van der Waals surface area contributed by atoms with Crippen LogP contribution in [0.15, 0.2) is 24.3 Å². The minimum absolute atomic E-state index is 0.126.